The van der Waals surface area contributed by atoms with Crippen LogP contribution in [0.15, 0.2) is 65.8 Å². The van der Waals surface area contributed by atoms with E-state index in [0.717, 1.165) is 30.3 Å². The first-order valence-electron chi connectivity index (χ1n) is 9.52. The lowest BCUT2D eigenvalue weighted by Gasteiger charge is -2.27. The molecule has 0 bridgehead atoms. The van der Waals surface area contributed by atoms with Crippen molar-refractivity contribution >= 4 is 29.3 Å². The smallest absolute Gasteiger partial charge is 0.242 e. The first-order chi connectivity index (χ1) is 14.2. The Hall–Kier alpha value is -2.84. The van der Waals surface area contributed by atoms with Crippen molar-refractivity contribution in [1.29, 1.82) is 0 Å². The molecule has 150 valence electrons. The highest BCUT2D eigenvalue weighted by Gasteiger charge is 2.26. The molecule has 4 rings (SSSR count). The first-order valence-corrected chi connectivity index (χ1v) is 10.4. The van der Waals surface area contributed by atoms with Gasteiger partial charge in [-0.15, -0.1) is 10.2 Å². The number of amides is 1. The van der Waals surface area contributed by atoms with Crippen LogP contribution in [0, 0.1) is 0 Å². The Kier molecular flexibility index (Phi) is 6.12. The fraction of sp³-hybridized carbons (Fsp3) is 0.286. The van der Waals surface area contributed by atoms with Gasteiger partial charge in [-0.25, -0.2) is 0 Å². The molecule has 1 aliphatic rings. The largest absolute Gasteiger partial charge is 0.378 e. The number of hydrogen-bond acceptors (Lipinski definition) is 6. The third-order valence-electron chi connectivity index (χ3n) is 4.71. The zero-order valence-electron chi connectivity index (χ0n) is 16.2. The number of ether oxygens (including phenoxy) is 1. The number of rotatable bonds is 6. The predicted molar refractivity (Wildman–Crippen MR) is 114 cm³/mol. The van der Waals surface area contributed by atoms with Crippen molar-refractivity contribution in [2.75, 3.05) is 36.5 Å². The van der Waals surface area contributed by atoms with Crippen LogP contribution in [0.3, 0.4) is 0 Å². The van der Waals surface area contributed by atoms with E-state index in [4.69, 9.17) is 4.74 Å². The highest BCUT2D eigenvalue weighted by Crippen LogP contribution is 2.36. The lowest BCUT2D eigenvalue weighted by atomic mass is 10.1. The van der Waals surface area contributed by atoms with Crippen LogP contribution in [0.1, 0.15) is 10.8 Å². The van der Waals surface area contributed by atoms with E-state index in [1.807, 2.05) is 72.3 Å². The van der Waals surface area contributed by atoms with Gasteiger partial charge in [0.15, 0.2) is 5.16 Å². The van der Waals surface area contributed by atoms with Gasteiger partial charge in [-0.05, 0) is 17.7 Å². The second-order valence-corrected chi connectivity index (χ2v) is 7.78. The molecular weight excluding hydrogens is 386 g/mol. The van der Waals surface area contributed by atoms with Gasteiger partial charge in [-0.1, -0.05) is 60.3 Å². The molecule has 1 fully saturated rings. The maximum absolute atomic E-state index is 13.1. The van der Waals surface area contributed by atoms with Gasteiger partial charge in [-0.3, -0.25) is 9.36 Å². The Labute approximate surface area is 174 Å². The minimum Gasteiger partial charge on any atom is -0.378 e. The van der Waals surface area contributed by atoms with Crippen LogP contribution >= 0.6 is 11.8 Å². The lowest BCUT2D eigenvalue weighted by Crippen LogP contribution is -2.37. The topological polar surface area (TPSA) is 72.3 Å². The molecular formula is C21H23N5O2S. The van der Waals surface area contributed by atoms with E-state index in [2.05, 4.69) is 20.4 Å². The van der Waals surface area contributed by atoms with Gasteiger partial charge in [0.05, 0.1) is 13.2 Å². The summed E-state index contributed by atoms with van der Waals surface area (Å²) in [4.78, 5) is 15.3. The van der Waals surface area contributed by atoms with E-state index in [-0.39, 0.29) is 5.91 Å². The quantitative estimate of drug-likeness (QED) is 0.631. The van der Waals surface area contributed by atoms with Gasteiger partial charge in [0.2, 0.25) is 11.9 Å². The summed E-state index contributed by atoms with van der Waals surface area (Å²) in [5.74, 6) is 0.703. The molecule has 0 aliphatic carbocycles. The van der Waals surface area contributed by atoms with Crippen LogP contribution in [-0.4, -0.2) is 47.0 Å². The molecule has 1 aliphatic heterocycles. The molecule has 3 aromatic rings. The van der Waals surface area contributed by atoms with Gasteiger partial charge in [0.1, 0.15) is 5.25 Å². The number of anilines is 2. The van der Waals surface area contributed by atoms with Crippen LogP contribution in [-0.2, 0) is 16.6 Å². The number of benzene rings is 2. The van der Waals surface area contributed by atoms with E-state index >= 15 is 0 Å². The van der Waals surface area contributed by atoms with E-state index < -0.39 is 5.25 Å². The molecule has 1 saturated heterocycles. The van der Waals surface area contributed by atoms with E-state index in [1.165, 1.54) is 11.8 Å². The summed E-state index contributed by atoms with van der Waals surface area (Å²) in [6, 6.07) is 19.2. The second-order valence-electron chi connectivity index (χ2n) is 6.70. The van der Waals surface area contributed by atoms with E-state index in [0.29, 0.717) is 18.4 Å². The fourth-order valence-corrected chi connectivity index (χ4v) is 4.18. The summed E-state index contributed by atoms with van der Waals surface area (Å²) in [6.45, 7) is 2.93. The van der Waals surface area contributed by atoms with Crippen molar-refractivity contribution < 1.29 is 9.53 Å². The number of aromatic nitrogens is 3. The molecule has 2 aromatic carbocycles. The normalized spacial score (nSPS) is 15.1. The Balaban J connectivity index is 1.57. The molecule has 1 unspecified atom stereocenters. The van der Waals surface area contributed by atoms with Gasteiger partial charge in [-0.2, -0.15) is 0 Å². The molecule has 1 atom stereocenters. The molecule has 1 aromatic heterocycles. The summed E-state index contributed by atoms with van der Waals surface area (Å²) >= 11 is 1.40. The fourth-order valence-electron chi connectivity index (χ4n) is 3.18. The van der Waals surface area contributed by atoms with Crippen LogP contribution in [0.5, 0.6) is 0 Å². The standard InChI is InChI=1S/C21H23N5O2S/c1-25-20(26-12-14-28-15-13-26)23-24-21(25)29-18(16-8-4-2-5-9-16)19(27)22-17-10-6-3-7-11-17/h2-11,18H,12-15H2,1H3,(H,22,27). The molecule has 0 saturated carbocycles. The number of morpholine rings is 1. The summed E-state index contributed by atoms with van der Waals surface area (Å²) in [5.41, 5.74) is 1.69. The van der Waals surface area contributed by atoms with E-state index in [1.54, 1.807) is 0 Å². The van der Waals surface area contributed by atoms with Gasteiger partial charge < -0.3 is 15.0 Å². The van der Waals surface area contributed by atoms with Crippen molar-refractivity contribution in [3.63, 3.8) is 0 Å². The minimum atomic E-state index is -0.447. The number of nitrogens with one attached hydrogen (secondary N) is 1. The number of nitrogens with zero attached hydrogens (tertiary/aromatic N) is 4. The van der Waals surface area contributed by atoms with Gasteiger partial charge >= 0.3 is 0 Å². The zero-order chi connectivity index (χ0) is 20.1. The molecule has 1 N–H and O–H groups in total. The monoisotopic (exact) mass is 409 g/mol. The van der Waals surface area contributed by atoms with Crippen LogP contribution in [0.2, 0.25) is 0 Å². The Morgan fingerprint density at radius 2 is 1.69 bits per heavy atom. The van der Waals surface area contributed by atoms with E-state index in [9.17, 15) is 4.79 Å². The number of para-hydroxylation sites is 1. The van der Waals surface area contributed by atoms with Gasteiger partial charge in [0, 0.05) is 25.8 Å². The van der Waals surface area contributed by atoms with Crippen LogP contribution in [0.4, 0.5) is 11.6 Å². The maximum Gasteiger partial charge on any atom is 0.242 e. The first kappa shape index (κ1) is 19.5. The third-order valence-corrected chi connectivity index (χ3v) is 6.00. The van der Waals surface area contributed by atoms with Gasteiger partial charge in [0.25, 0.3) is 0 Å². The highest BCUT2D eigenvalue weighted by atomic mass is 32.2. The molecule has 2 heterocycles. The van der Waals surface area contributed by atoms with Crippen molar-refractivity contribution in [2.45, 2.75) is 10.4 Å². The minimum absolute atomic E-state index is 0.0941. The number of hydrogen-bond donors (Lipinski definition) is 1. The molecule has 7 nitrogen and oxygen atoms in total. The predicted octanol–water partition coefficient (Wildman–Crippen LogP) is 3.12. The molecule has 1 amide bonds. The molecule has 0 spiro atoms. The third kappa shape index (κ3) is 4.60. The summed E-state index contributed by atoms with van der Waals surface area (Å²) in [7, 11) is 1.93. The Bertz CT molecular complexity index is 942. The van der Waals surface area contributed by atoms with Crippen molar-refractivity contribution in [1.82, 2.24) is 14.8 Å². The maximum atomic E-state index is 13.1. The average molecular weight is 410 g/mol. The molecule has 29 heavy (non-hydrogen) atoms. The summed E-state index contributed by atoms with van der Waals surface area (Å²) in [6.07, 6.45) is 0. The number of thioether (sulfide) groups is 1. The van der Waals surface area contributed by atoms with Crippen molar-refractivity contribution in [3.8, 4) is 0 Å². The Morgan fingerprint density at radius 3 is 2.38 bits per heavy atom. The van der Waals surface area contributed by atoms with Crippen molar-refractivity contribution in [3.05, 3.63) is 66.2 Å². The average Bonchev–Trinajstić information content (AvgIpc) is 3.14. The number of carbonyl (C=O) groups excluding carboxylic acids is 1. The Morgan fingerprint density at radius 1 is 1.03 bits per heavy atom. The highest BCUT2D eigenvalue weighted by molar-refractivity contribution is 8.00. The summed E-state index contributed by atoms with van der Waals surface area (Å²) in [5, 5.41) is 12.0. The van der Waals surface area contributed by atoms with Crippen LogP contribution in [0.25, 0.3) is 0 Å². The molecule has 0 radical (unpaired) electrons. The lowest BCUT2D eigenvalue weighted by molar-refractivity contribution is -0.115. The van der Waals surface area contributed by atoms with Crippen LogP contribution < -0.4 is 10.2 Å². The summed E-state index contributed by atoms with van der Waals surface area (Å²) < 4.78 is 7.37. The van der Waals surface area contributed by atoms with Crippen molar-refractivity contribution in [2.24, 2.45) is 7.05 Å². The molecule has 8 heteroatoms. The second kappa shape index (κ2) is 9.11. The SMILES string of the molecule is Cn1c(SC(C(=O)Nc2ccccc2)c2ccccc2)nnc1N1CCOCC1. The number of carbonyl (C=O) groups is 1. The zero-order valence-corrected chi connectivity index (χ0v) is 17.0.